The summed E-state index contributed by atoms with van der Waals surface area (Å²) in [7, 11) is 0. The van der Waals surface area contributed by atoms with Crippen LogP contribution in [0.3, 0.4) is 0 Å². The number of hydrogen-bond donors (Lipinski definition) is 1. The summed E-state index contributed by atoms with van der Waals surface area (Å²) in [4.78, 5) is 2.44. The topological polar surface area (TPSA) is 15.3 Å². The molecule has 1 aliphatic rings. The number of benzene rings is 1. The molecule has 1 heterocycles. The molecule has 0 aliphatic carbocycles. The van der Waals surface area contributed by atoms with Crippen LogP contribution in [-0.4, -0.2) is 31.1 Å². The van der Waals surface area contributed by atoms with Gasteiger partial charge in [0, 0.05) is 37.2 Å². The number of unbranched alkanes of at least 4 members (excludes halogenated alkanes) is 1. The van der Waals surface area contributed by atoms with Gasteiger partial charge in [-0.2, -0.15) is 0 Å². The molecule has 1 aromatic carbocycles. The first-order valence-electron chi connectivity index (χ1n) is 7.11. The monoisotopic (exact) mass is 320 g/mol. The normalized spacial score (nSPS) is 17.6. The highest BCUT2D eigenvalue weighted by molar-refractivity contribution is 6.30. The van der Waals surface area contributed by atoms with Crippen LogP contribution in [0.15, 0.2) is 18.2 Å². The Morgan fingerprint density at radius 1 is 1.30 bits per heavy atom. The summed E-state index contributed by atoms with van der Waals surface area (Å²) < 4.78 is 13.6. The minimum Gasteiger partial charge on any atom is -0.314 e. The fourth-order valence-electron chi connectivity index (χ4n) is 2.72. The average Bonchev–Trinajstić information content (AvgIpc) is 2.39. The lowest BCUT2D eigenvalue weighted by atomic mass is 9.98. The summed E-state index contributed by atoms with van der Waals surface area (Å²) in [6.07, 6.45) is 3.38. The lowest BCUT2D eigenvalue weighted by Crippen LogP contribution is -2.45. The van der Waals surface area contributed by atoms with E-state index in [9.17, 15) is 4.39 Å². The van der Waals surface area contributed by atoms with Gasteiger partial charge in [-0.25, -0.2) is 4.39 Å². The van der Waals surface area contributed by atoms with Gasteiger partial charge in [0.1, 0.15) is 5.82 Å². The highest BCUT2D eigenvalue weighted by atomic mass is 35.5. The molecule has 0 bridgehead atoms. The summed E-state index contributed by atoms with van der Waals surface area (Å²) in [6, 6.07) is 5.20. The highest BCUT2D eigenvalue weighted by Gasteiger charge is 2.22. The summed E-state index contributed by atoms with van der Waals surface area (Å²) in [5.74, 6) is -0.237. The maximum Gasteiger partial charge on any atom is 0.125 e. The van der Waals surface area contributed by atoms with Crippen molar-refractivity contribution in [2.75, 3.05) is 26.2 Å². The number of nitrogens with one attached hydrogen (secondary N) is 1. The Morgan fingerprint density at radius 3 is 2.60 bits per heavy atom. The average molecular weight is 321 g/mol. The molecule has 0 aromatic heterocycles. The molecule has 5 heteroatoms. The van der Waals surface area contributed by atoms with Crippen molar-refractivity contribution in [1.29, 1.82) is 0 Å². The van der Waals surface area contributed by atoms with Gasteiger partial charge in [-0.05, 0) is 30.2 Å². The van der Waals surface area contributed by atoms with Gasteiger partial charge in [0.2, 0.25) is 0 Å². The molecule has 0 spiro atoms. The first-order valence-corrected chi connectivity index (χ1v) is 7.49. The summed E-state index contributed by atoms with van der Waals surface area (Å²) in [5.41, 5.74) is 1.01. The third kappa shape index (κ3) is 4.88. The van der Waals surface area contributed by atoms with Gasteiger partial charge in [0.25, 0.3) is 0 Å². The number of hydrogen-bond acceptors (Lipinski definition) is 2. The van der Waals surface area contributed by atoms with Gasteiger partial charge in [-0.1, -0.05) is 31.4 Å². The van der Waals surface area contributed by atoms with E-state index in [1.165, 1.54) is 6.07 Å². The molecule has 1 aliphatic heterocycles. The van der Waals surface area contributed by atoms with E-state index < -0.39 is 0 Å². The fraction of sp³-hybridized carbons (Fsp3) is 0.600. The number of rotatable bonds is 5. The molecule has 1 fully saturated rings. The van der Waals surface area contributed by atoms with Crippen LogP contribution in [0.4, 0.5) is 4.39 Å². The van der Waals surface area contributed by atoms with Crippen LogP contribution in [0, 0.1) is 5.82 Å². The maximum absolute atomic E-state index is 13.6. The second kappa shape index (κ2) is 8.83. The van der Waals surface area contributed by atoms with E-state index in [0.717, 1.165) is 51.0 Å². The van der Waals surface area contributed by atoms with E-state index in [2.05, 4.69) is 17.1 Å². The predicted molar refractivity (Wildman–Crippen MR) is 85.4 cm³/mol. The fourth-order valence-corrected chi connectivity index (χ4v) is 2.95. The van der Waals surface area contributed by atoms with Crippen molar-refractivity contribution in [1.82, 2.24) is 10.2 Å². The molecule has 2 nitrogen and oxygen atoms in total. The van der Waals surface area contributed by atoms with Gasteiger partial charge in [0.05, 0.1) is 0 Å². The Kier molecular flexibility index (Phi) is 7.82. The minimum atomic E-state index is -0.237. The lowest BCUT2D eigenvalue weighted by Gasteiger charge is -2.35. The first-order chi connectivity index (χ1) is 9.20. The summed E-state index contributed by atoms with van der Waals surface area (Å²) in [6.45, 7) is 6.23. The maximum atomic E-state index is 13.6. The number of nitrogens with zero attached hydrogens (tertiary/aromatic N) is 1. The van der Waals surface area contributed by atoms with E-state index in [1.54, 1.807) is 6.07 Å². The molecule has 1 N–H and O–H groups in total. The van der Waals surface area contributed by atoms with Crippen molar-refractivity contribution in [3.63, 3.8) is 0 Å². The molecule has 20 heavy (non-hydrogen) atoms. The smallest absolute Gasteiger partial charge is 0.125 e. The molecule has 0 radical (unpaired) electrons. The Bertz CT molecular complexity index is 389. The Hall–Kier alpha value is -0.350. The third-order valence-corrected chi connectivity index (χ3v) is 3.91. The second-order valence-electron chi connectivity index (χ2n) is 5.15. The Labute approximate surface area is 132 Å². The summed E-state index contributed by atoms with van der Waals surface area (Å²) >= 11 is 6.00. The van der Waals surface area contributed by atoms with Gasteiger partial charge in [-0.15, -0.1) is 12.4 Å². The van der Waals surface area contributed by atoms with Crippen molar-refractivity contribution < 1.29 is 4.39 Å². The zero-order valence-electron chi connectivity index (χ0n) is 11.9. The van der Waals surface area contributed by atoms with Crippen LogP contribution in [0.25, 0.3) is 0 Å². The SMILES string of the molecule is CCCC[C@H](c1cc(F)cc(Cl)c1)N1CCNCC1.Cl. The van der Waals surface area contributed by atoms with Crippen LogP contribution < -0.4 is 5.32 Å². The van der Waals surface area contributed by atoms with Crippen molar-refractivity contribution in [3.8, 4) is 0 Å². The van der Waals surface area contributed by atoms with Crippen LogP contribution in [0.5, 0.6) is 0 Å². The van der Waals surface area contributed by atoms with E-state index in [1.807, 2.05) is 6.07 Å². The quantitative estimate of drug-likeness (QED) is 0.880. The molecule has 1 atom stereocenters. The number of piperazine rings is 1. The van der Waals surface area contributed by atoms with Crippen LogP contribution >= 0.6 is 24.0 Å². The zero-order valence-corrected chi connectivity index (χ0v) is 13.4. The number of halogens is 3. The van der Waals surface area contributed by atoms with Crippen molar-refractivity contribution >= 4 is 24.0 Å². The minimum absolute atomic E-state index is 0. The molecule has 114 valence electrons. The van der Waals surface area contributed by atoms with Gasteiger partial charge >= 0.3 is 0 Å². The van der Waals surface area contributed by atoms with Gasteiger partial charge in [-0.3, -0.25) is 4.90 Å². The largest absolute Gasteiger partial charge is 0.314 e. The second-order valence-corrected chi connectivity index (χ2v) is 5.58. The van der Waals surface area contributed by atoms with Gasteiger partial charge in [0.15, 0.2) is 0 Å². The predicted octanol–water partition coefficient (Wildman–Crippen LogP) is 4.04. The standard InChI is InChI=1S/C15H22ClFN2.ClH/c1-2-3-4-15(19-7-5-18-6-8-19)12-9-13(16)11-14(17)10-12;/h9-11,15,18H,2-8H2,1H3;1H/t15-;/m1./s1. The van der Waals surface area contributed by atoms with Crippen LogP contribution in [-0.2, 0) is 0 Å². The molecule has 0 saturated carbocycles. The Balaban J connectivity index is 0.00000200. The van der Waals surface area contributed by atoms with Crippen LogP contribution in [0.2, 0.25) is 5.02 Å². The van der Waals surface area contributed by atoms with E-state index in [0.29, 0.717) is 5.02 Å². The van der Waals surface area contributed by atoms with Crippen molar-refractivity contribution in [3.05, 3.63) is 34.6 Å². The molecular weight excluding hydrogens is 298 g/mol. The zero-order chi connectivity index (χ0) is 13.7. The van der Waals surface area contributed by atoms with Crippen molar-refractivity contribution in [2.45, 2.75) is 32.2 Å². The Morgan fingerprint density at radius 2 is 2.00 bits per heavy atom. The molecule has 0 unspecified atom stereocenters. The molecular formula is C15H23Cl2FN2. The molecule has 1 aromatic rings. The van der Waals surface area contributed by atoms with Gasteiger partial charge < -0.3 is 5.32 Å². The lowest BCUT2D eigenvalue weighted by molar-refractivity contribution is 0.163. The third-order valence-electron chi connectivity index (χ3n) is 3.69. The first kappa shape index (κ1) is 17.7. The van der Waals surface area contributed by atoms with E-state index in [4.69, 9.17) is 11.6 Å². The molecule has 1 saturated heterocycles. The highest BCUT2D eigenvalue weighted by Crippen LogP contribution is 2.29. The van der Waals surface area contributed by atoms with E-state index >= 15 is 0 Å². The molecule has 0 amide bonds. The van der Waals surface area contributed by atoms with Crippen LogP contribution in [0.1, 0.15) is 37.8 Å². The molecule has 2 rings (SSSR count). The summed E-state index contributed by atoms with van der Waals surface area (Å²) in [5, 5.41) is 3.85. The van der Waals surface area contributed by atoms with E-state index in [-0.39, 0.29) is 24.3 Å². The van der Waals surface area contributed by atoms with Crippen molar-refractivity contribution in [2.24, 2.45) is 0 Å².